The quantitative estimate of drug-likeness (QED) is 0.450. The highest BCUT2D eigenvalue weighted by molar-refractivity contribution is 7.99. The molecule has 0 bridgehead atoms. The molecule has 2 aromatic heterocycles. The summed E-state index contributed by atoms with van der Waals surface area (Å²) in [5, 5.41) is 11.2. The first-order valence-corrected chi connectivity index (χ1v) is 9.72. The molecule has 0 spiro atoms. The maximum atomic E-state index is 12.8. The molecule has 10 heteroatoms. The van der Waals surface area contributed by atoms with Crippen molar-refractivity contribution in [1.82, 2.24) is 19.7 Å². The number of fused-ring (bicyclic) bond motifs is 1. The van der Waals surface area contributed by atoms with E-state index >= 15 is 0 Å². The maximum absolute atomic E-state index is 12.8. The van der Waals surface area contributed by atoms with Crippen molar-refractivity contribution in [3.05, 3.63) is 40.5 Å². The minimum absolute atomic E-state index is 0.0388. The Morgan fingerprint density at radius 2 is 2.11 bits per heavy atom. The summed E-state index contributed by atoms with van der Waals surface area (Å²) in [5.74, 6) is 0.235. The van der Waals surface area contributed by atoms with Gasteiger partial charge in [-0.25, -0.2) is 4.98 Å². The first-order chi connectivity index (χ1) is 13.5. The van der Waals surface area contributed by atoms with Crippen LogP contribution in [0.25, 0.3) is 10.9 Å². The Labute approximate surface area is 165 Å². The summed E-state index contributed by atoms with van der Waals surface area (Å²) >= 11 is 1.16. The number of ether oxygens (including phenoxy) is 1. The number of para-hydroxylation sites is 1. The minimum Gasteiger partial charge on any atom is -0.408 e. The summed E-state index contributed by atoms with van der Waals surface area (Å²) in [6, 6.07) is 7.17. The molecule has 0 aliphatic rings. The fraction of sp³-hybridized carbons (Fsp3) is 0.389. The van der Waals surface area contributed by atoms with E-state index in [1.807, 2.05) is 19.9 Å². The molecule has 0 saturated heterocycles. The lowest BCUT2D eigenvalue weighted by molar-refractivity contribution is -0.113. The Bertz CT molecular complexity index is 1030. The van der Waals surface area contributed by atoms with Crippen LogP contribution >= 0.6 is 11.8 Å². The zero-order valence-corrected chi connectivity index (χ0v) is 16.7. The van der Waals surface area contributed by atoms with E-state index in [0.29, 0.717) is 35.1 Å². The van der Waals surface area contributed by atoms with E-state index in [9.17, 15) is 9.59 Å². The molecular formula is C18H21N5O4S. The van der Waals surface area contributed by atoms with Crippen molar-refractivity contribution in [3.63, 3.8) is 0 Å². The topological polar surface area (TPSA) is 112 Å². The van der Waals surface area contributed by atoms with E-state index in [-0.39, 0.29) is 29.2 Å². The normalized spacial score (nSPS) is 11.3. The van der Waals surface area contributed by atoms with Crippen LogP contribution in [-0.4, -0.2) is 45.1 Å². The van der Waals surface area contributed by atoms with Gasteiger partial charge in [-0.15, -0.1) is 5.10 Å². The van der Waals surface area contributed by atoms with Crippen molar-refractivity contribution >= 4 is 34.6 Å². The van der Waals surface area contributed by atoms with Crippen LogP contribution in [0.5, 0.6) is 0 Å². The molecule has 0 unspecified atom stereocenters. The number of amides is 1. The molecule has 1 aromatic carbocycles. The van der Waals surface area contributed by atoms with Crippen LogP contribution in [0.15, 0.2) is 38.6 Å². The number of nitrogens with zero attached hydrogens (tertiary/aromatic N) is 4. The van der Waals surface area contributed by atoms with Gasteiger partial charge in [-0.1, -0.05) is 42.8 Å². The molecule has 9 nitrogen and oxygen atoms in total. The number of nitrogens with one attached hydrogen (secondary N) is 1. The van der Waals surface area contributed by atoms with Gasteiger partial charge in [-0.3, -0.25) is 19.5 Å². The van der Waals surface area contributed by atoms with E-state index in [2.05, 4.69) is 20.5 Å². The lowest BCUT2D eigenvalue weighted by Gasteiger charge is -2.12. The predicted molar refractivity (Wildman–Crippen MR) is 106 cm³/mol. The van der Waals surface area contributed by atoms with Gasteiger partial charge in [0.2, 0.25) is 11.8 Å². The second-order valence-corrected chi connectivity index (χ2v) is 7.24. The van der Waals surface area contributed by atoms with Gasteiger partial charge in [0.1, 0.15) is 0 Å². The second kappa shape index (κ2) is 8.98. The zero-order chi connectivity index (χ0) is 20.1. The van der Waals surface area contributed by atoms with E-state index in [0.717, 1.165) is 11.8 Å². The molecule has 0 atom stereocenters. The SMILES string of the molecule is COCCn1c(SCC(=O)Nc2nnc(C(C)C)o2)nc2ccccc2c1=O. The van der Waals surface area contributed by atoms with Crippen LogP contribution < -0.4 is 10.9 Å². The lowest BCUT2D eigenvalue weighted by Crippen LogP contribution is -2.26. The number of hydrogen-bond donors (Lipinski definition) is 1. The van der Waals surface area contributed by atoms with Crippen molar-refractivity contribution in [2.45, 2.75) is 31.5 Å². The van der Waals surface area contributed by atoms with Gasteiger partial charge in [0.05, 0.1) is 29.8 Å². The predicted octanol–water partition coefficient (Wildman–Crippen LogP) is 2.28. The molecule has 3 aromatic rings. The smallest absolute Gasteiger partial charge is 0.322 e. The monoisotopic (exact) mass is 403 g/mol. The highest BCUT2D eigenvalue weighted by Gasteiger charge is 2.15. The van der Waals surface area contributed by atoms with Gasteiger partial charge in [-0.2, -0.15) is 0 Å². The lowest BCUT2D eigenvalue weighted by atomic mass is 10.2. The number of thioether (sulfide) groups is 1. The summed E-state index contributed by atoms with van der Waals surface area (Å²) < 4.78 is 12.0. The minimum atomic E-state index is -0.329. The summed E-state index contributed by atoms with van der Waals surface area (Å²) in [4.78, 5) is 29.6. The standard InChI is InChI=1S/C18H21N5O4S/c1-11(2)15-21-22-17(27-15)20-14(24)10-28-18-19-13-7-5-4-6-12(13)16(25)23(18)8-9-26-3/h4-7,11H,8-10H2,1-3H3,(H,20,22,24). The Morgan fingerprint density at radius 3 is 2.82 bits per heavy atom. The van der Waals surface area contributed by atoms with Gasteiger partial charge < -0.3 is 9.15 Å². The molecule has 2 heterocycles. The molecule has 1 amide bonds. The van der Waals surface area contributed by atoms with E-state index in [4.69, 9.17) is 9.15 Å². The fourth-order valence-corrected chi connectivity index (χ4v) is 3.27. The number of anilines is 1. The third-order valence-electron chi connectivity index (χ3n) is 3.86. The Morgan fingerprint density at radius 1 is 1.32 bits per heavy atom. The number of carbonyl (C=O) groups is 1. The van der Waals surface area contributed by atoms with Crippen LogP contribution in [0.3, 0.4) is 0 Å². The van der Waals surface area contributed by atoms with Gasteiger partial charge >= 0.3 is 6.01 Å². The Hall–Kier alpha value is -2.72. The summed E-state index contributed by atoms with van der Waals surface area (Å²) in [7, 11) is 1.57. The average molecular weight is 403 g/mol. The van der Waals surface area contributed by atoms with Gasteiger partial charge in [0, 0.05) is 13.0 Å². The fourth-order valence-electron chi connectivity index (χ4n) is 2.44. The molecule has 0 aliphatic heterocycles. The van der Waals surface area contributed by atoms with Gasteiger partial charge in [0.25, 0.3) is 5.56 Å². The number of methoxy groups -OCH3 is 1. The molecule has 148 valence electrons. The molecular weight excluding hydrogens is 382 g/mol. The van der Waals surface area contributed by atoms with E-state index in [1.165, 1.54) is 4.57 Å². The molecule has 3 rings (SSSR count). The number of rotatable bonds is 8. The molecule has 0 aliphatic carbocycles. The van der Waals surface area contributed by atoms with E-state index < -0.39 is 0 Å². The Kier molecular flexibility index (Phi) is 6.42. The zero-order valence-electron chi connectivity index (χ0n) is 15.8. The third-order valence-corrected chi connectivity index (χ3v) is 4.84. The molecule has 0 radical (unpaired) electrons. The second-order valence-electron chi connectivity index (χ2n) is 6.30. The number of carbonyl (C=O) groups excluding carboxylic acids is 1. The van der Waals surface area contributed by atoms with Crippen LogP contribution in [0.1, 0.15) is 25.7 Å². The average Bonchev–Trinajstić information content (AvgIpc) is 3.14. The number of aromatic nitrogens is 4. The summed E-state index contributed by atoms with van der Waals surface area (Å²) in [5.41, 5.74) is 0.423. The van der Waals surface area contributed by atoms with Gasteiger partial charge in [-0.05, 0) is 12.1 Å². The first kappa shape index (κ1) is 20.0. The largest absolute Gasteiger partial charge is 0.408 e. The van der Waals surface area contributed by atoms with Crippen molar-refractivity contribution in [3.8, 4) is 0 Å². The molecule has 0 saturated carbocycles. The van der Waals surface area contributed by atoms with Crippen molar-refractivity contribution in [1.29, 1.82) is 0 Å². The summed E-state index contributed by atoms with van der Waals surface area (Å²) in [6.07, 6.45) is 0. The van der Waals surface area contributed by atoms with Crippen molar-refractivity contribution in [2.75, 3.05) is 24.8 Å². The Balaban J connectivity index is 1.76. The van der Waals surface area contributed by atoms with Crippen LogP contribution in [-0.2, 0) is 16.1 Å². The van der Waals surface area contributed by atoms with Crippen LogP contribution in [0.4, 0.5) is 6.01 Å². The van der Waals surface area contributed by atoms with Crippen molar-refractivity contribution < 1.29 is 13.9 Å². The van der Waals surface area contributed by atoms with Crippen LogP contribution in [0, 0.1) is 0 Å². The molecule has 28 heavy (non-hydrogen) atoms. The molecule has 1 N–H and O–H groups in total. The maximum Gasteiger partial charge on any atom is 0.322 e. The molecule has 0 fully saturated rings. The summed E-state index contributed by atoms with van der Waals surface area (Å²) in [6.45, 7) is 4.54. The third kappa shape index (κ3) is 4.57. The van der Waals surface area contributed by atoms with Gasteiger partial charge in [0.15, 0.2) is 5.16 Å². The number of hydrogen-bond acceptors (Lipinski definition) is 8. The van der Waals surface area contributed by atoms with Crippen LogP contribution in [0.2, 0.25) is 0 Å². The highest BCUT2D eigenvalue weighted by atomic mass is 32.2. The highest BCUT2D eigenvalue weighted by Crippen LogP contribution is 2.19. The van der Waals surface area contributed by atoms with E-state index in [1.54, 1.807) is 25.3 Å². The number of benzene rings is 1. The van der Waals surface area contributed by atoms with Crippen molar-refractivity contribution in [2.24, 2.45) is 0 Å². The first-order valence-electron chi connectivity index (χ1n) is 8.74.